The van der Waals surface area contributed by atoms with Crippen LogP contribution in [-0.2, 0) is 0 Å². The Morgan fingerprint density at radius 1 is 1.30 bits per heavy atom. The van der Waals surface area contributed by atoms with E-state index in [9.17, 15) is 0 Å². The van der Waals surface area contributed by atoms with Crippen LogP contribution in [0.3, 0.4) is 0 Å². The molecule has 2 atom stereocenters. The Labute approximate surface area is 120 Å². The van der Waals surface area contributed by atoms with Crippen LogP contribution >= 0.6 is 0 Å². The molecule has 0 aliphatic rings. The molecule has 1 aromatic carbocycles. The van der Waals surface area contributed by atoms with E-state index in [0.29, 0.717) is 18.9 Å². The van der Waals surface area contributed by atoms with Crippen molar-refractivity contribution in [3.8, 4) is 0 Å². The number of nitrogens with one attached hydrogen (secondary N) is 1. The topological polar surface area (TPSA) is 90.9 Å². The minimum Gasteiger partial charge on any atom is -0.409 e. The number of benzene rings is 1. The summed E-state index contributed by atoms with van der Waals surface area (Å²) in [5, 5.41) is 24.6. The van der Waals surface area contributed by atoms with Gasteiger partial charge in [-0.1, -0.05) is 49.3 Å². The van der Waals surface area contributed by atoms with Gasteiger partial charge >= 0.3 is 0 Å². The third-order valence-electron chi connectivity index (χ3n) is 3.50. The van der Waals surface area contributed by atoms with Crippen LogP contribution in [0.1, 0.15) is 31.7 Å². The van der Waals surface area contributed by atoms with Crippen LogP contribution in [0.25, 0.3) is 0 Å². The third kappa shape index (κ3) is 4.83. The van der Waals surface area contributed by atoms with E-state index in [4.69, 9.17) is 16.0 Å². The molecule has 5 heteroatoms. The molecule has 0 spiro atoms. The lowest BCUT2D eigenvalue weighted by molar-refractivity contribution is 0.244. The number of nitrogens with zero attached hydrogens (tertiary/aromatic N) is 1. The van der Waals surface area contributed by atoms with Gasteiger partial charge in [-0.2, -0.15) is 0 Å². The number of hydrogen-bond donors (Lipinski definition) is 4. The first-order chi connectivity index (χ1) is 9.60. The number of oxime groups is 1. The molecule has 112 valence electrons. The van der Waals surface area contributed by atoms with Gasteiger partial charge in [-0.25, -0.2) is 0 Å². The number of amidine groups is 1. The van der Waals surface area contributed by atoms with Gasteiger partial charge in [0.1, 0.15) is 5.84 Å². The van der Waals surface area contributed by atoms with E-state index in [0.717, 1.165) is 5.56 Å². The van der Waals surface area contributed by atoms with Crippen LogP contribution in [-0.4, -0.2) is 35.3 Å². The number of hydrogen-bond acceptors (Lipinski definition) is 4. The third-order valence-corrected chi connectivity index (χ3v) is 3.50. The standard InChI is InChI=1S/C15H25N3O2/c1-11(2)14(8-9-19)17-10-13(15(16)18-20)12-6-4-3-5-7-12/h3-7,11,13-14,17,19-20H,8-10H2,1-2H3,(H2,16,18). The Kier molecular flexibility index (Phi) is 7.04. The Morgan fingerprint density at radius 2 is 1.95 bits per heavy atom. The van der Waals surface area contributed by atoms with Crippen LogP contribution in [0.2, 0.25) is 0 Å². The SMILES string of the molecule is CC(C)C(CCO)NCC(/C(N)=N/O)c1ccccc1. The molecule has 2 unspecified atom stereocenters. The lowest BCUT2D eigenvalue weighted by atomic mass is 9.95. The highest BCUT2D eigenvalue weighted by Gasteiger charge is 2.19. The summed E-state index contributed by atoms with van der Waals surface area (Å²) in [4.78, 5) is 0. The lowest BCUT2D eigenvalue weighted by Crippen LogP contribution is -2.40. The maximum Gasteiger partial charge on any atom is 0.147 e. The zero-order valence-corrected chi connectivity index (χ0v) is 12.2. The molecule has 0 aromatic heterocycles. The Hall–Kier alpha value is -1.59. The minimum atomic E-state index is -0.179. The Morgan fingerprint density at radius 3 is 2.45 bits per heavy atom. The van der Waals surface area contributed by atoms with E-state index in [1.54, 1.807) is 0 Å². The predicted molar refractivity (Wildman–Crippen MR) is 80.9 cm³/mol. The summed E-state index contributed by atoms with van der Waals surface area (Å²) in [6, 6.07) is 9.92. The lowest BCUT2D eigenvalue weighted by Gasteiger charge is -2.25. The van der Waals surface area contributed by atoms with E-state index >= 15 is 0 Å². The summed E-state index contributed by atoms with van der Waals surface area (Å²) in [6.07, 6.45) is 0.690. The molecule has 0 bridgehead atoms. The fraction of sp³-hybridized carbons (Fsp3) is 0.533. The fourth-order valence-corrected chi connectivity index (χ4v) is 2.23. The summed E-state index contributed by atoms with van der Waals surface area (Å²) in [6.45, 7) is 4.93. The molecule has 0 heterocycles. The quantitative estimate of drug-likeness (QED) is 0.251. The van der Waals surface area contributed by atoms with Crippen molar-refractivity contribution >= 4 is 5.84 Å². The molecule has 0 aliphatic heterocycles. The van der Waals surface area contributed by atoms with Crippen LogP contribution in [0.4, 0.5) is 0 Å². The zero-order chi connectivity index (χ0) is 15.0. The maximum atomic E-state index is 9.09. The van der Waals surface area contributed by atoms with Gasteiger partial charge in [0, 0.05) is 19.2 Å². The van der Waals surface area contributed by atoms with Gasteiger partial charge in [-0.15, -0.1) is 0 Å². The first-order valence-corrected chi connectivity index (χ1v) is 6.96. The summed E-state index contributed by atoms with van der Waals surface area (Å²) < 4.78 is 0. The molecular formula is C15H25N3O2. The molecular weight excluding hydrogens is 254 g/mol. The largest absolute Gasteiger partial charge is 0.409 e. The van der Waals surface area contributed by atoms with Gasteiger partial charge in [0.05, 0.1) is 5.92 Å². The molecule has 0 aliphatic carbocycles. The summed E-state index contributed by atoms with van der Waals surface area (Å²) in [5.74, 6) is 0.419. The smallest absolute Gasteiger partial charge is 0.147 e. The second-order valence-electron chi connectivity index (χ2n) is 5.26. The molecule has 0 fully saturated rings. The van der Waals surface area contributed by atoms with Crippen LogP contribution < -0.4 is 11.1 Å². The highest BCUT2D eigenvalue weighted by molar-refractivity contribution is 5.87. The Balaban J connectivity index is 2.76. The molecule has 0 saturated carbocycles. The number of rotatable bonds is 8. The maximum absolute atomic E-state index is 9.09. The fourth-order valence-electron chi connectivity index (χ4n) is 2.23. The van der Waals surface area contributed by atoms with Crippen molar-refractivity contribution in [3.05, 3.63) is 35.9 Å². The second kappa shape index (κ2) is 8.55. The van der Waals surface area contributed by atoms with Gasteiger partial charge in [-0.3, -0.25) is 0 Å². The van der Waals surface area contributed by atoms with Crippen molar-refractivity contribution in [2.45, 2.75) is 32.2 Å². The zero-order valence-electron chi connectivity index (χ0n) is 12.2. The minimum absolute atomic E-state index is 0.148. The summed E-state index contributed by atoms with van der Waals surface area (Å²) in [5.41, 5.74) is 6.80. The van der Waals surface area contributed by atoms with E-state index in [2.05, 4.69) is 24.3 Å². The van der Waals surface area contributed by atoms with E-state index in [1.807, 2.05) is 30.3 Å². The first-order valence-electron chi connectivity index (χ1n) is 6.96. The van der Waals surface area contributed by atoms with Crippen molar-refractivity contribution in [1.29, 1.82) is 0 Å². The highest BCUT2D eigenvalue weighted by atomic mass is 16.4. The Bertz CT molecular complexity index is 407. The van der Waals surface area contributed by atoms with Crippen molar-refractivity contribution in [2.24, 2.45) is 16.8 Å². The van der Waals surface area contributed by atoms with Crippen molar-refractivity contribution in [1.82, 2.24) is 5.32 Å². The monoisotopic (exact) mass is 279 g/mol. The van der Waals surface area contributed by atoms with Gasteiger partial charge in [-0.05, 0) is 17.9 Å². The average Bonchev–Trinajstić information content (AvgIpc) is 2.46. The van der Waals surface area contributed by atoms with Gasteiger partial charge < -0.3 is 21.4 Å². The molecule has 1 rings (SSSR count). The number of aliphatic hydroxyl groups is 1. The molecule has 0 amide bonds. The molecule has 5 N–H and O–H groups in total. The van der Waals surface area contributed by atoms with Crippen molar-refractivity contribution in [2.75, 3.05) is 13.2 Å². The van der Waals surface area contributed by atoms with Crippen LogP contribution in [0, 0.1) is 5.92 Å². The van der Waals surface area contributed by atoms with Gasteiger partial charge in [0.25, 0.3) is 0 Å². The van der Waals surface area contributed by atoms with Crippen molar-refractivity contribution in [3.63, 3.8) is 0 Å². The van der Waals surface area contributed by atoms with E-state index in [-0.39, 0.29) is 24.4 Å². The molecule has 1 aromatic rings. The van der Waals surface area contributed by atoms with Crippen molar-refractivity contribution < 1.29 is 10.3 Å². The summed E-state index contributed by atoms with van der Waals surface area (Å²) >= 11 is 0. The van der Waals surface area contributed by atoms with E-state index < -0.39 is 0 Å². The number of aliphatic hydroxyl groups excluding tert-OH is 1. The molecule has 5 nitrogen and oxygen atoms in total. The molecule has 0 radical (unpaired) electrons. The van der Waals surface area contributed by atoms with E-state index in [1.165, 1.54) is 0 Å². The first kappa shape index (κ1) is 16.5. The predicted octanol–water partition coefficient (Wildman–Crippen LogP) is 1.51. The average molecular weight is 279 g/mol. The second-order valence-corrected chi connectivity index (χ2v) is 5.26. The van der Waals surface area contributed by atoms with Crippen LogP contribution in [0.5, 0.6) is 0 Å². The van der Waals surface area contributed by atoms with Crippen LogP contribution in [0.15, 0.2) is 35.5 Å². The van der Waals surface area contributed by atoms with Gasteiger partial charge in [0.2, 0.25) is 0 Å². The normalized spacial score (nSPS) is 15.3. The number of nitrogens with two attached hydrogens (primary N) is 1. The summed E-state index contributed by atoms with van der Waals surface area (Å²) in [7, 11) is 0. The highest BCUT2D eigenvalue weighted by Crippen LogP contribution is 2.16. The van der Waals surface area contributed by atoms with Gasteiger partial charge in [0.15, 0.2) is 0 Å². The molecule has 0 saturated heterocycles. The molecule has 20 heavy (non-hydrogen) atoms.